The van der Waals surface area contributed by atoms with Gasteiger partial charge in [-0.15, -0.1) is 0 Å². The Labute approximate surface area is 137 Å². The molecule has 24 heavy (non-hydrogen) atoms. The van der Waals surface area contributed by atoms with Gasteiger partial charge in [-0.1, -0.05) is 12.1 Å². The molecule has 1 aromatic heterocycles. The van der Waals surface area contributed by atoms with Crippen molar-refractivity contribution in [1.82, 2.24) is 4.98 Å². The lowest BCUT2D eigenvalue weighted by Crippen LogP contribution is -2.14. The van der Waals surface area contributed by atoms with Crippen LogP contribution in [-0.4, -0.2) is 18.3 Å². The van der Waals surface area contributed by atoms with Gasteiger partial charge in [0.2, 0.25) is 0 Å². The van der Waals surface area contributed by atoms with Crippen molar-refractivity contribution in [1.29, 1.82) is 0 Å². The number of aromatic nitrogens is 1. The van der Waals surface area contributed by atoms with Gasteiger partial charge in [0.05, 0.1) is 11.1 Å². The van der Waals surface area contributed by atoms with Gasteiger partial charge < -0.3 is 4.42 Å². The quantitative estimate of drug-likeness (QED) is 0.561. The van der Waals surface area contributed by atoms with Crippen molar-refractivity contribution in [2.24, 2.45) is 0 Å². The van der Waals surface area contributed by atoms with Crippen molar-refractivity contribution < 1.29 is 17.8 Å². The molecule has 1 heterocycles. The molecule has 0 unspecified atom stereocenters. The number of nitro groups is 1. The van der Waals surface area contributed by atoms with Gasteiger partial charge in [0, 0.05) is 17.3 Å². The highest BCUT2D eigenvalue weighted by Gasteiger charge is 2.25. The molecule has 0 saturated heterocycles. The number of sulfonamides is 1. The zero-order valence-electron chi connectivity index (χ0n) is 12.1. The first kappa shape index (κ1) is 15.7. The van der Waals surface area contributed by atoms with Crippen LogP contribution in [0.15, 0.2) is 70.4 Å². The summed E-state index contributed by atoms with van der Waals surface area (Å²) < 4.78 is 32.3. The molecule has 0 aliphatic carbocycles. The molecule has 8 nitrogen and oxygen atoms in total. The Hall–Kier alpha value is -3.20. The van der Waals surface area contributed by atoms with Gasteiger partial charge in [-0.3, -0.25) is 14.8 Å². The Balaban J connectivity index is 1.89. The highest BCUT2D eigenvalue weighted by molar-refractivity contribution is 7.92. The number of para-hydroxylation sites is 1. The molecule has 0 amide bonds. The molecule has 0 fully saturated rings. The molecule has 122 valence electrons. The van der Waals surface area contributed by atoms with Crippen molar-refractivity contribution in [2.75, 3.05) is 4.72 Å². The molecule has 0 aliphatic rings. The molecule has 0 spiro atoms. The van der Waals surface area contributed by atoms with Crippen LogP contribution in [0, 0.1) is 10.1 Å². The summed E-state index contributed by atoms with van der Waals surface area (Å²) in [6.07, 6.45) is 2.83. The number of nitrogens with zero attached hydrogens (tertiary/aromatic N) is 2. The number of rotatable bonds is 5. The maximum atomic E-state index is 12.4. The Morgan fingerprint density at radius 3 is 2.42 bits per heavy atom. The van der Waals surface area contributed by atoms with Gasteiger partial charge in [0.25, 0.3) is 15.7 Å². The number of benzene rings is 2. The number of hydrogen-bond acceptors (Lipinski definition) is 6. The van der Waals surface area contributed by atoms with Crippen LogP contribution in [0.5, 0.6) is 0 Å². The summed E-state index contributed by atoms with van der Waals surface area (Å²) in [6, 6.07) is 11.5. The second-order valence-electron chi connectivity index (χ2n) is 4.77. The minimum Gasteiger partial charge on any atom is -0.444 e. The van der Waals surface area contributed by atoms with E-state index in [4.69, 9.17) is 4.42 Å². The van der Waals surface area contributed by atoms with E-state index in [1.807, 2.05) is 0 Å². The fraction of sp³-hybridized carbons (Fsp3) is 0. The minimum absolute atomic E-state index is 0.274. The van der Waals surface area contributed by atoms with Crippen molar-refractivity contribution in [3.8, 4) is 11.3 Å². The van der Waals surface area contributed by atoms with Gasteiger partial charge in [0.1, 0.15) is 0 Å². The van der Waals surface area contributed by atoms with Crippen LogP contribution in [0.4, 0.5) is 11.4 Å². The van der Waals surface area contributed by atoms with Crippen LogP contribution in [-0.2, 0) is 10.0 Å². The Morgan fingerprint density at radius 2 is 1.79 bits per heavy atom. The van der Waals surface area contributed by atoms with E-state index >= 15 is 0 Å². The summed E-state index contributed by atoms with van der Waals surface area (Å²) in [5, 5.41) is 11.0. The average molecular weight is 345 g/mol. The standard InChI is InChI=1S/C15H11N3O5S/c19-18(20)13-3-1-2-4-15(13)24(21,22)17-12-7-5-11(6-8-12)14-9-16-10-23-14/h1-10,17H. The topological polar surface area (TPSA) is 115 Å². The van der Waals surface area contributed by atoms with Gasteiger partial charge >= 0.3 is 0 Å². The van der Waals surface area contributed by atoms with Crippen molar-refractivity contribution >= 4 is 21.4 Å². The lowest BCUT2D eigenvalue weighted by molar-refractivity contribution is -0.387. The number of nitro benzene ring substituents is 1. The van der Waals surface area contributed by atoms with Crippen molar-refractivity contribution in [3.05, 3.63) is 71.2 Å². The maximum Gasteiger partial charge on any atom is 0.289 e. The summed E-state index contributed by atoms with van der Waals surface area (Å²) >= 11 is 0. The zero-order chi connectivity index (χ0) is 17.2. The molecule has 0 saturated carbocycles. The number of anilines is 1. The van der Waals surface area contributed by atoms with Crippen LogP contribution in [0.2, 0.25) is 0 Å². The lowest BCUT2D eigenvalue weighted by Gasteiger charge is -2.08. The first-order valence-electron chi connectivity index (χ1n) is 6.72. The van der Waals surface area contributed by atoms with E-state index in [9.17, 15) is 18.5 Å². The molecule has 0 radical (unpaired) electrons. The van der Waals surface area contributed by atoms with Crippen molar-refractivity contribution in [3.63, 3.8) is 0 Å². The summed E-state index contributed by atoms with van der Waals surface area (Å²) in [6.45, 7) is 0. The Kier molecular flexibility index (Phi) is 4.00. The van der Waals surface area contributed by atoms with Crippen molar-refractivity contribution in [2.45, 2.75) is 4.90 Å². The molecule has 0 atom stereocenters. The van der Waals surface area contributed by atoms with Gasteiger partial charge in [0.15, 0.2) is 17.0 Å². The molecule has 1 N–H and O–H groups in total. The van der Waals surface area contributed by atoms with Gasteiger partial charge in [-0.25, -0.2) is 13.4 Å². The largest absolute Gasteiger partial charge is 0.444 e. The highest BCUT2D eigenvalue weighted by Crippen LogP contribution is 2.26. The van der Waals surface area contributed by atoms with Crippen LogP contribution >= 0.6 is 0 Å². The predicted molar refractivity (Wildman–Crippen MR) is 85.8 cm³/mol. The fourth-order valence-corrected chi connectivity index (χ4v) is 3.34. The van der Waals surface area contributed by atoms with E-state index in [-0.39, 0.29) is 5.69 Å². The fourth-order valence-electron chi connectivity index (χ4n) is 2.11. The monoisotopic (exact) mass is 345 g/mol. The zero-order valence-corrected chi connectivity index (χ0v) is 12.9. The van der Waals surface area contributed by atoms with Crippen LogP contribution in [0.1, 0.15) is 0 Å². The normalized spacial score (nSPS) is 11.2. The average Bonchev–Trinajstić information content (AvgIpc) is 3.10. The molecular weight excluding hydrogens is 334 g/mol. The summed E-state index contributed by atoms with van der Waals surface area (Å²) in [7, 11) is -4.08. The third-order valence-corrected chi connectivity index (χ3v) is 4.63. The second-order valence-corrected chi connectivity index (χ2v) is 6.42. The van der Waals surface area contributed by atoms with E-state index in [2.05, 4.69) is 9.71 Å². The molecule has 0 aliphatic heterocycles. The molecular formula is C15H11N3O5S. The van der Waals surface area contributed by atoms with E-state index in [1.54, 1.807) is 12.1 Å². The summed E-state index contributed by atoms with van der Waals surface area (Å²) in [5.74, 6) is 0.545. The van der Waals surface area contributed by atoms with Crippen LogP contribution in [0.3, 0.4) is 0 Å². The van der Waals surface area contributed by atoms with E-state index in [1.165, 1.54) is 42.9 Å². The summed E-state index contributed by atoms with van der Waals surface area (Å²) in [4.78, 5) is 13.7. The third kappa shape index (κ3) is 3.10. The predicted octanol–water partition coefficient (Wildman–Crippen LogP) is 3.05. The molecule has 2 aromatic carbocycles. The van der Waals surface area contributed by atoms with Gasteiger partial charge in [-0.05, 0) is 30.3 Å². The number of nitrogens with one attached hydrogen (secondary N) is 1. The smallest absolute Gasteiger partial charge is 0.289 e. The van der Waals surface area contributed by atoms with Crippen LogP contribution in [0.25, 0.3) is 11.3 Å². The molecule has 0 bridgehead atoms. The lowest BCUT2D eigenvalue weighted by atomic mass is 10.2. The Bertz CT molecular complexity index is 967. The molecule has 9 heteroatoms. The number of hydrogen-bond donors (Lipinski definition) is 1. The van der Waals surface area contributed by atoms with E-state index in [0.29, 0.717) is 5.76 Å². The second kappa shape index (κ2) is 6.13. The third-order valence-electron chi connectivity index (χ3n) is 3.21. The van der Waals surface area contributed by atoms with E-state index < -0.39 is 25.5 Å². The minimum atomic E-state index is -4.08. The molecule has 3 rings (SSSR count). The van der Waals surface area contributed by atoms with Gasteiger partial charge in [-0.2, -0.15) is 0 Å². The first-order valence-corrected chi connectivity index (χ1v) is 8.21. The maximum absolute atomic E-state index is 12.4. The summed E-state index contributed by atoms with van der Waals surface area (Å²) in [5.41, 5.74) is 0.515. The Morgan fingerprint density at radius 1 is 1.08 bits per heavy atom. The molecule has 3 aromatic rings. The van der Waals surface area contributed by atoms with Crippen LogP contribution < -0.4 is 4.72 Å². The first-order chi connectivity index (χ1) is 11.5. The highest BCUT2D eigenvalue weighted by atomic mass is 32.2. The SMILES string of the molecule is O=[N+]([O-])c1ccccc1S(=O)(=O)Nc1ccc(-c2cnco2)cc1. The number of oxazole rings is 1. The van der Waals surface area contributed by atoms with E-state index in [0.717, 1.165) is 11.6 Å².